The molecule has 0 bridgehead atoms. The second kappa shape index (κ2) is 8.67. The van der Waals surface area contributed by atoms with E-state index in [0.29, 0.717) is 11.6 Å². The summed E-state index contributed by atoms with van der Waals surface area (Å²) in [6.07, 6.45) is 0. The van der Waals surface area contributed by atoms with Gasteiger partial charge in [0.1, 0.15) is 32.7 Å². The number of benzene rings is 2. The van der Waals surface area contributed by atoms with Gasteiger partial charge < -0.3 is 15.1 Å². The van der Waals surface area contributed by atoms with Gasteiger partial charge in [-0.25, -0.2) is 0 Å². The number of halogens is 1. The van der Waals surface area contributed by atoms with Crippen LogP contribution in [0.1, 0.15) is 16.7 Å². The summed E-state index contributed by atoms with van der Waals surface area (Å²) in [5, 5.41) is 3.65. The van der Waals surface area contributed by atoms with Crippen LogP contribution in [0.2, 0.25) is 5.02 Å². The number of nitrogens with one attached hydrogen (secondary N) is 3. The van der Waals surface area contributed by atoms with Crippen molar-refractivity contribution in [3.8, 4) is 0 Å². The van der Waals surface area contributed by atoms with Gasteiger partial charge in [-0.1, -0.05) is 41.9 Å². The van der Waals surface area contributed by atoms with Crippen molar-refractivity contribution in [2.75, 3.05) is 38.0 Å². The molecule has 1 amide bonds. The third kappa shape index (κ3) is 5.07. The minimum atomic E-state index is 0.0627. The van der Waals surface area contributed by atoms with Gasteiger partial charge in [0.15, 0.2) is 6.54 Å². The van der Waals surface area contributed by atoms with E-state index in [9.17, 15) is 4.79 Å². The van der Waals surface area contributed by atoms with Crippen LogP contribution in [0.15, 0.2) is 42.5 Å². The lowest BCUT2D eigenvalue weighted by molar-refractivity contribution is -1.02. The van der Waals surface area contributed by atoms with E-state index in [4.69, 9.17) is 11.6 Å². The molecular formula is C21H28ClN3O+2. The molecule has 1 heterocycles. The number of aryl methyl sites for hydroxylation is 2. The lowest BCUT2D eigenvalue weighted by Crippen LogP contribution is -3.28. The Morgan fingerprint density at radius 2 is 1.69 bits per heavy atom. The van der Waals surface area contributed by atoms with Gasteiger partial charge in [-0.2, -0.15) is 0 Å². The van der Waals surface area contributed by atoms with Gasteiger partial charge in [-0.3, -0.25) is 4.79 Å². The number of carbonyl (C=O) groups is 1. The van der Waals surface area contributed by atoms with E-state index >= 15 is 0 Å². The summed E-state index contributed by atoms with van der Waals surface area (Å²) in [5.74, 6) is 0.0627. The number of hydrogen-bond donors (Lipinski definition) is 3. The molecule has 4 nitrogen and oxygen atoms in total. The second-order valence-corrected chi connectivity index (χ2v) is 7.72. The average molecular weight is 374 g/mol. The summed E-state index contributed by atoms with van der Waals surface area (Å²) in [6, 6.07) is 14.2. The lowest BCUT2D eigenvalue weighted by atomic mass is 10.1. The molecule has 26 heavy (non-hydrogen) atoms. The molecule has 0 aliphatic carbocycles. The molecule has 0 saturated carbocycles. The molecule has 0 radical (unpaired) electrons. The molecule has 1 aliphatic rings. The molecule has 5 heteroatoms. The lowest BCUT2D eigenvalue weighted by Gasteiger charge is -2.29. The SMILES string of the molecule is Cc1ccccc1C[NH+]1CC[NH+](CC(=O)Nc2cc(Cl)ccc2C)CC1. The highest BCUT2D eigenvalue weighted by molar-refractivity contribution is 6.31. The maximum absolute atomic E-state index is 12.4. The van der Waals surface area contributed by atoms with Crippen LogP contribution >= 0.6 is 11.6 Å². The van der Waals surface area contributed by atoms with Crippen LogP contribution in [0, 0.1) is 13.8 Å². The molecule has 2 aromatic rings. The van der Waals surface area contributed by atoms with Gasteiger partial charge >= 0.3 is 0 Å². The smallest absolute Gasteiger partial charge is 0.279 e. The number of amides is 1. The van der Waals surface area contributed by atoms with Gasteiger partial charge in [0.05, 0.1) is 0 Å². The predicted octanol–water partition coefficient (Wildman–Crippen LogP) is 0.879. The Hall–Kier alpha value is -1.88. The third-order valence-electron chi connectivity index (χ3n) is 5.25. The molecule has 0 atom stereocenters. The van der Waals surface area contributed by atoms with Crippen LogP contribution in [0.5, 0.6) is 0 Å². The molecule has 138 valence electrons. The van der Waals surface area contributed by atoms with Crippen molar-refractivity contribution in [3.63, 3.8) is 0 Å². The molecule has 1 aliphatic heterocycles. The normalized spacial score (nSPS) is 20.0. The van der Waals surface area contributed by atoms with E-state index in [1.807, 2.05) is 25.1 Å². The fourth-order valence-corrected chi connectivity index (χ4v) is 3.71. The Balaban J connectivity index is 1.47. The molecular weight excluding hydrogens is 346 g/mol. The van der Waals surface area contributed by atoms with Crippen molar-refractivity contribution in [1.29, 1.82) is 0 Å². The third-order valence-corrected chi connectivity index (χ3v) is 5.49. The molecule has 0 spiro atoms. The zero-order valence-electron chi connectivity index (χ0n) is 15.6. The van der Waals surface area contributed by atoms with Crippen LogP contribution < -0.4 is 15.1 Å². The van der Waals surface area contributed by atoms with Crippen LogP contribution in [0.3, 0.4) is 0 Å². The minimum Gasteiger partial charge on any atom is -0.322 e. The zero-order chi connectivity index (χ0) is 18.5. The van der Waals surface area contributed by atoms with Crippen molar-refractivity contribution in [2.45, 2.75) is 20.4 Å². The first kappa shape index (κ1) is 18.9. The van der Waals surface area contributed by atoms with Gasteiger partial charge in [-0.15, -0.1) is 0 Å². The van der Waals surface area contributed by atoms with Gasteiger partial charge in [-0.05, 0) is 37.1 Å². The number of rotatable bonds is 5. The van der Waals surface area contributed by atoms with E-state index < -0.39 is 0 Å². The number of carbonyl (C=O) groups excluding carboxylic acids is 1. The van der Waals surface area contributed by atoms with Crippen molar-refractivity contribution >= 4 is 23.2 Å². The van der Waals surface area contributed by atoms with Gasteiger partial charge in [0.2, 0.25) is 0 Å². The summed E-state index contributed by atoms with van der Waals surface area (Å²) in [4.78, 5) is 15.3. The molecule has 2 aromatic carbocycles. The zero-order valence-corrected chi connectivity index (χ0v) is 16.3. The quantitative estimate of drug-likeness (QED) is 0.715. The standard InChI is InChI=1S/C21H26ClN3O/c1-16-5-3-4-6-18(16)14-24-9-11-25(12-10-24)15-21(26)23-20-13-19(22)8-7-17(20)2/h3-8,13H,9-12,14-15H2,1-2H3,(H,23,26)/p+2. The first-order valence-electron chi connectivity index (χ1n) is 9.29. The first-order chi connectivity index (χ1) is 12.5. The van der Waals surface area contributed by atoms with Crippen molar-refractivity contribution < 1.29 is 14.6 Å². The Labute approximate surface area is 160 Å². The molecule has 1 fully saturated rings. The summed E-state index contributed by atoms with van der Waals surface area (Å²) in [6.45, 7) is 10.0. The molecule has 0 unspecified atom stereocenters. The summed E-state index contributed by atoms with van der Waals surface area (Å²) >= 11 is 6.03. The average Bonchev–Trinajstić information content (AvgIpc) is 2.62. The van der Waals surface area contributed by atoms with Crippen LogP contribution in [-0.4, -0.2) is 38.6 Å². The Morgan fingerprint density at radius 1 is 1.00 bits per heavy atom. The van der Waals surface area contributed by atoms with Crippen molar-refractivity contribution in [3.05, 3.63) is 64.2 Å². The summed E-state index contributed by atoms with van der Waals surface area (Å²) in [5.41, 5.74) is 4.64. The Morgan fingerprint density at radius 3 is 2.42 bits per heavy atom. The maximum atomic E-state index is 12.4. The highest BCUT2D eigenvalue weighted by atomic mass is 35.5. The van der Waals surface area contributed by atoms with Crippen molar-refractivity contribution in [2.24, 2.45) is 0 Å². The number of hydrogen-bond acceptors (Lipinski definition) is 1. The van der Waals surface area contributed by atoms with Crippen LogP contribution in [-0.2, 0) is 11.3 Å². The largest absolute Gasteiger partial charge is 0.322 e. The number of piperazine rings is 1. The molecule has 0 aromatic heterocycles. The van der Waals surface area contributed by atoms with Crippen molar-refractivity contribution in [1.82, 2.24) is 0 Å². The van der Waals surface area contributed by atoms with E-state index in [-0.39, 0.29) is 5.91 Å². The minimum absolute atomic E-state index is 0.0627. The fraction of sp³-hybridized carbons (Fsp3) is 0.381. The molecule has 1 saturated heterocycles. The fourth-order valence-electron chi connectivity index (χ4n) is 3.54. The highest BCUT2D eigenvalue weighted by Crippen LogP contribution is 2.19. The summed E-state index contributed by atoms with van der Waals surface area (Å²) < 4.78 is 0. The van der Waals surface area contributed by atoms with Crippen LogP contribution in [0.4, 0.5) is 5.69 Å². The second-order valence-electron chi connectivity index (χ2n) is 7.29. The summed E-state index contributed by atoms with van der Waals surface area (Å²) in [7, 11) is 0. The van der Waals surface area contributed by atoms with Gasteiger partial charge in [0.25, 0.3) is 5.91 Å². The Kier molecular flexibility index (Phi) is 6.30. The molecule has 3 N–H and O–H groups in total. The number of anilines is 1. The van der Waals surface area contributed by atoms with Gasteiger partial charge in [0, 0.05) is 16.3 Å². The number of quaternary nitrogens is 2. The molecule has 3 rings (SSSR count). The highest BCUT2D eigenvalue weighted by Gasteiger charge is 2.25. The van der Waals surface area contributed by atoms with E-state index in [1.54, 1.807) is 4.90 Å². The Bertz CT molecular complexity index is 770. The van der Waals surface area contributed by atoms with E-state index in [2.05, 4.69) is 36.5 Å². The topological polar surface area (TPSA) is 38.0 Å². The maximum Gasteiger partial charge on any atom is 0.279 e. The van der Waals surface area contributed by atoms with E-state index in [0.717, 1.165) is 44.0 Å². The predicted molar refractivity (Wildman–Crippen MR) is 106 cm³/mol. The first-order valence-corrected chi connectivity index (χ1v) is 9.66. The monoisotopic (exact) mass is 373 g/mol. The van der Waals surface area contributed by atoms with E-state index in [1.165, 1.54) is 16.0 Å². The van der Waals surface area contributed by atoms with Crippen LogP contribution in [0.25, 0.3) is 0 Å².